The molecule has 0 radical (unpaired) electrons. The van der Waals surface area contributed by atoms with Gasteiger partial charge in [-0.05, 0) is 0 Å². The van der Waals surface area contributed by atoms with Gasteiger partial charge in [-0.1, -0.05) is 5.16 Å². The molecule has 0 saturated carbocycles. The number of rotatable bonds is 2. The lowest BCUT2D eigenvalue weighted by atomic mass is 10.5. The summed E-state index contributed by atoms with van der Waals surface area (Å²) in [6, 6.07) is 0. The number of nitrogens with zero attached hydrogens (tertiary/aromatic N) is 3. The molecule has 8 heteroatoms. The molecule has 0 aliphatic carbocycles. The maximum atomic E-state index is 11.1. The fraction of sp³-hybridized carbons (Fsp3) is 0.143. The molecular weight excluding hydrogens is 218 g/mol. The third-order valence-electron chi connectivity index (χ3n) is 1.60. The molecule has 2 heterocycles. The van der Waals surface area contributed by atoms with Crippen LogP contribution in [0.25, 0.3) is 11.6 Å². The zero-order chi connectivity index (χ0) is 10.8. The van der Waals surface area contributed by atoms with Gasteiger partial charge in [0.05, 0.1) is 0 Å². The summed E-state index contributed by atoms with van der Waals surface area (Å²) in [6.45, 7) is 0. The van der Waals surface area contributed by atoms with Crippen LogP contribution in [0, 0.1) is 0 Å². The van der Waals surface area contributed by atoms with Gasteiger partial charge < -0.3 is 15.6 Å². The van der Waals surface area contributed by atoms with Crippen molar-refractivity contribution in [1.82, 2.24) is 20.4 Å². The van der Waals surface area contributed by atoms with E-state index < -0.39 is 5.91 Å². The second-order valence-electron chi connectivity index (χ2n) is 2.57. The molecule has 0 bridgehead atoms. The minimum atomic E-state index is -0.409. The molecule has 15 heavy (non-hydrogen) atoms. The highest BCUT2D eigenvalue weighted by molar-refractivity contribution is 7.13. The van der Waals surface area contributed by atoms with Crippen LogP contribution in [0.15, 0.2) is 9.90 Å². The molecule has 0 spiro atoms. The highest BCUT2D eigenvalue weighted by Crippen LogP contribution is 2.20. The summed E-state index contributed by atoms with van der Waals surface area (Å²) in [5.41, 5.74) is 5.92. The van der Waals surface area contributed by atoms with Crippen LogP contribution >= 0.6 is 11.3 Å². The Balaban J connectivity index is 2.31. The van der Waals surface area contributed by atoms with E-state index in [4.69, 9.17) is 10.3 Å². The fourth-order valence-corrected chi connectivity index (χ4v) is 1.45. The van der Waals surface area contributed by atoms with Crippen LogP contribution in [0.2, 0.25) is 0 Å². The Morgan fingerprint density at radius 2 is 2.40 bits per heavy atom. The first-order valence-corrected chi connectivity index (χ1v) is 4.86. The predicted octanol–water partition coefficient (Wildman–Crippen LogP) is 0.135. The van der Waals surface area contributed by atoms with Crippen molar-refractivity contribution in [3.8, 4) is 11.6 Å². The third-order valence-corrected chi connectivity index (χ3v) is 2.27. The number of nitrogen functional groups attached to an aromatic ring is 1. The fourth-order valence-electron chi connectivity index (χ4n) is 0.917. The zero-order valence-corrected chi connectivity index (χ0v) is 8.54. The van der Waals surface area contributed by atoms with Gasteiger partial charge in [0, 0.05) is 12.4 Å². The van der Waals surface area contributed by atoms with Crippen LogP contribution in [0.4, 0.5) is 5.13 Å². The van der Waals surface area contributed by atoms with Crippen molar-refractivity contribution in [2.45, 2.75) is 0 Å². The number of anilines is 1. The van der Waals surface area contributed by atoms with E-state index in [0.29, 0.717) is 10.8 Å². The first kappa shape index (κ1) is 9.59. The van der Waals surface area contributed by atoms with Crippen LogP contribution in [0.5, 0.6) is 0 Å². The Hall–Kier alpha value is -1.96. The number of amides is 1. The standard InChI is InChI=1S/C7H7N5O2S/c1-9-5(13)4-11-6(14-12-4)3-2-15-7(8)10-3/h2H,1H3,(H2,8,10)(H,9,13). The summed E-state index contributed by atoms with van der Waals surface area (Å²) < 4.78 is 4.85. The molecule has 2 rings (SSSR count). The van der Waals surface area contributed by atoms with Crippen molar-refractivity contribution in [3.63, 3.8) is 0 Å². The van der Waals surface area contributed by atoms with Gasteiger partial charge >= 0.3 is 0 Å². The lowest BCUT2D eigenvalue weighted by Gasteiger charge is -1.87. The average Bonchev–Trinajstić information content (AvgIpc) is 2.84. The van der Waals surface area contributed by atoms with Crippen molar-refractivity contribution >= 4 is 22.4 Å². The molecule has 0 aromatic carbocycles. The molecule has 2 aromatic heterocycles. The van der Waals surface area contributed by atoms with Crippen molar-refractivity contribution in [2.24, 2.45) is 0 Å². The summed E-state index contributed by atoms with van der Waals surface area (Å²) in [5.74, 6) is -0.256. The second-order valence-corrected chi connectivity index (χ2v) is 3.46. The Kier molecular flexibility index (Phi) is 2.34. The number of hydrogen-bond donors (Lipinski definition) is 2. The molecule has 0 unspecified atom stereocenters. The average molecular weight is 225 g/mol. The van der Waals surface area contributed by atoms with Gasteiger partial charge in [0.15, 0.2) is 5.13 Å². The minimum Gasteiger partial charge on any atom is -0.375 e. The van der Waals surface area contributed by atoms with E-state index in [1.54, 1.807) is 5.38 Å². The van der Waals surface area contributed by atoms with Gasteiger partial charge in [-0.25, -0.2) is 4.98 Å². The number of thiazole rings is 1. The molecule has 0 saturated heterocycles. The van der Waals surface area contributed by atoms with Crippen molar-refractivity contribution in [3.05, 3.63) is 11.2 Å². The number of nitrogens with one attached hydrogen (secondary N) is 1. The van der Waals surface area contributed by atoms with Crippen molar-refractivity contribution < 1.29 is 9.32 Å². The molecule has 0 aliphatic rings. The Morgan fingerprint density at radius 3 is 3.00 bits per heavy atom. The lowest BCUT2D eigenvalue weighted by molar-refractivity contribution is 0.0950. The van der Waals surface area contributed by atoms with Gasteiger partial charge in [-0.2, -0.15) is 4.98 Å². The van der Waals surface area contributed by atoms with Crippen molar-refractivity contribution in [1.29, 1.82) is 0 Å². The topological polar surface area (TPSA) is 107 Å². The van der Waals surface area contributed by atoms with E-state index in [0.717, 1.165) is 0 Å². The number of nitrogens with two attached hydrogens (primary N) is 1. The van der Waals surface area contributed by atoms with Gasteiger partial charge in [-0.15, -0.1) is 11.3 Å². The number of carbonyl (C=O) groups excluding carboxylic acids is 1. The van der Waals surface area contributed by atoms with E-state index >= 15 is 0 Å². The highest BCUT2D eigenvalue weighted by atomic mass is 32.1. The second kappa shape index (κ2) is 3.65. The van der Waals surface area contributed by atoms with Crippen LogP contribution in [-0.2, 0) is 0 Å². The first-order chi connectivity index (χ1) is 7.20. The van der Waals surface area contributed by atoms with E-state index in [1.807, 2.05) is 0 Å². The summed E-state index contributed by atoms with van der Waals surface area (Å²) in [7, 11) is 1.49. The van der Waals surface area contributed by atoms with E-state index in [9.17, 15) is 4.79 Å². The highest BCUT2D eigenvalue weighted by Gasteiger charge is 2.15. The molecule has 2 aromatic rings. The Labute approximate surface area is 88.3 Å². The molecule has 7 nitrogen and oxygen atoms in total. The SMILES string of the molecule is CNC(=O)c1noc(-c2csc(N)n2)n1. The molecule has 78 valence electrons. The maximum Gasteiger partial charge on any atom is 0.292 e. The van der Waals surface area contributed by atoms with Crippen molar-refractivity contribution in [2.75, 3.05) is 12.8 Å². The monoisotopic (exact) mass is 225 g/mol. The maximum absolute atomic E-state index is 11.1. The van der Waals surface area contributed by atoms with Crippen LogP contribution < -0.4 is 11.1 Å². The summed E-state index contributed by atoms with van der Waals surface area (Å²) >= 11 is 1.26. The first-order valence-electron chi connectivity index (χ1n) is 3.98. The summed E-state index contributed by atoms with van der Waals surface area (Å²) in [5, 5.41) is 7.97. The number of aromatic nitrogens is 3. The van der Waals surface area contributed by atoms with E-state index in [2.05, 4.69) is 20.4 Å². The summed E-state index contributed by atoms with van der Waals surface area (Å²) in [4.78, 5) is 18.9. The van der Waals surface area contributed by atoms with Gasteiger partial charge in [0.1, 0.15) is 5.69 Å². The molecule has 3 N–H and O–H groups in total. The number of hydrogen-bond acceptors (Lipinski definition) is 7. The summed E-state index contributed by atoms with van der Waals surface area (Å²) in [6.07, 6.45) is 0. The number of carbonyl (C=O) groups is 1. The van der Waals surface area contributed by atoms with Crippen LogP contribution in [0.3, 0.4) is 0 Å². The Bertz CT molecular complexity index is 491. The third kappa shape index (κ3) is 1.79. The minimum absolute atomic E-state index is 0.0286. The normalized spacial score (nSPS) is 10.2. The Morgan fingerprint density at radius 1 is 1.60 bits per heavy atom. The molecule has 1 amide bonds. The van der Waals surface area contributed by atoms with E-state index in [-0.39, 0.29) is 11.7 Å². The smallest absolute Gasteiger partial charge is 0.292 e. The lowest BCUT2D eigenvalue weighted by Crippen LogP contribution is -2.19. The molecule has 0 aliphatic heterocycles. The van der Waals surface area contributed by atoms with Gasteiger partial charge in [0.2, 0.25) is 0 Å². The molecule has 0 fully saturated rings. The molecular formula is C7H7N5O2S. The predicted molar refractivity (Wildman–Crippen MR) is 53.2 cm³/mol. The molecule has 0 atom stereocenters. The quantitative estimate of drug-likeness (QED) is 0.752. The zero-order valence-electron chi connectivity index (χ0n) is 7.72. The van der Waals surface area contributed by atoms with E-state index in [1.165, 1.54) is 18.4 Å². The van der Waals surface area contributed by atoms with Crippen LogP contribution in [0.1, 0.15) is 10.6 Å². The van der Waals surface area contributed by atoms with Gasteiger partial charge in [0.25, 0.3) is 17.6 Å². The van der Waals surface area contributed by atoms with Crippen LogP contribution in [-0.4, -0.2) is 28.1 Å². The largest absolute Gasteiger partial charge is 0.375 e. The van der Waals surface area contributed by atoms with Gasteiger partial charge in [-0.3, -0.25) is 4.79 Å².